The number of nitrogens with two attached hydrogens (primary N) is 1. The van der Waals surface area contributed by atoms with Crippen LogP contribution in [0.2, 0.25) is 0 Å². The lowest BCUT2D eigenvalue weighted by molar-refractivity contribution is -0.124. The Morgan fingerprint density at radius 1 is 1.32 bits per heavy atom. The van der Waals surface area contributed by atoms with Crippen LogP contribution in [-0.2, 0) is 16.1 Å². The molecule has 1 aromatic rings. The van der Waals surface area contributed by atoms with Gasteiger partial charge in [0.25, 0.3) is 0 Å². The van der Waals surface area contributed by atoms with E-state index in [1.54, 1.807) is 0 Å². The molecule has 0 aromatic carbocycles. The molecule has 0 spiro atoms. The van der Waals surface area contributed by atoms with Crippen LogP contribution in [0, 0.1) is 5.92 Å². The topological polar surface area (TPSA) is 83.7 Å². The normalized spacial score (nSPS) is 21.1. The van der Waals surface area contributed by atoms with Crippen LogP contribution < -0.4 is 16.0 Å². The number of rotatable bonds is 5. The van der Waals surface area contributed by atoms with Gasteiger partial charge in [-0.1, -0.05) is 6.07 Å². The van der Waals surface area contributed by atoms with Gasteiger partial charge >= 0.3 is 0 Å². The van der Waals surface area contributed by atoms with E-state index in [0.29, 0.717) is 19.8 Å². The van der Waals surface area contributed by atoms with E-state index < -0.39 is 6.04 Å². The monoisotopic (exact) mass is 347 g/mol. The van der Waals surface area contributed by atoms with Crippen LogP contribution in [0.1, 0.15) is 18.4 Å². The number of aromatic nitrogens is 1. The van der Waals surface area contributed by atoms with Gasteiger partial charge in [0.15, 0.2) is 0 Å². The molecule has 2 fully saturated rings. The van der Waals surface area contributed by atoms with Gasteiger partial charge in [0.2, 0.25) is 5.91 Å². The van der Waals surface area contributed by atoms with Gasteiger partial charge < -0.3 is 25.6 Å². The fraction of sp³-hybridized carbons (Fsp3) is 0.667. The van der Waals surface area contributed by atoms with Crippen LogP contribution in [-0.4, -0.2) is 68.3 Å². The number of hydrogen-bond donors (Lipinski definition) is 2. The van der Waals surface area contributed by atoms with E-state index in [-0.39, 0.29) is 11.8 Å². The third kappa shape index (κ3) is 4.90. The Hall–Kier alpha value is -1.70. The predicted molar refractivity (Wildman–Crippen MR) is 97.3 cm³/mol. The molecule has 3 N–H and O–H groups in total. The van der Waals surface area contributed by atoms with Crippen LogP contribution in [0.5, 0.6) is 0 Å². The molecule has 0 saturated carbocycles. The van der Waals surface area contributed by atoms with E-state index in [4.69, 9.17) is 10.5 Å². The van der Waals surface area contributed by atoms with Crippen LogP contribution in [0.15, 0.2) is 18.3 Å². The second kappa shape index (κ2) is 8.60. The van der Waals surface area contributed by atoms with E-state index in [9.17, 15) is 4.79 Å². The van der Waals surface area contributed by atoms with Crippen molar-refractivity contribution in [2.45, 2.75) is 25.4 Å². The molecule has 138 valence electrons. The molecular weight excluding hydrogens is 318 g/mol. The zero-order valence-corrected chi connectivity index (χ0v) is 15.0. The molecule has 2 aliphatic rings. The summed E-state index contributed by atoms with van der Waals surface area (Å²) in [6.07, 6.45) is 3.56. The first-order chi connectivity index (χ1) is 12.1. The van der Waals surface area contributed by atoms with Gasteiger partial charge in [-0.25, -0.2) is 4.98 Å². The quantitative estimate of drug-likeness (QED) is 0.792. The number of anilines is 1. The summed E-state index contributed by atoms with van der Waals surface area (Å²) in [5.41, 5.74) is 7.09. The number of carbonyl (C=O) groups is 1. The molecule has 7 heteroatoms. The molecule has 1 amide bonds. The largest absolute Gasteiger partial charge is 0.381 e. The highest BCUT2D eigenvalue weighted by Gasteiger charge is 2.26. The molecule has 1 atom stereocenters. The number of hydrogen-bond acceptors (Lipinski definition) is 6. The smallest absolute Gasteiger partial charge is 0.237 e. The van der Waals surface area contributed by atoms with E-state index in [1.807, 2.05) is 18.3 Å². The Labute approximate surface area is 149 Å². The highest BCUT2D eigenvalue weighted by Crippen LogP contribution is 2.18. The van der Waals surface area contributed by atoms with Crippen molar-refractivity contribution >= 4 is 11.7 Å². The summed E-state index contributed by atoms with van der Waals surface area (Å²) < 4.78 is 5.32. The Balaban J connectivity index is 1.47. The van der Waals surface area contributed by atoms with E-state index in [1.165, 1.54) is 0 Å². The van der Waals surface area contributed by atoms with Crippen molar-refractivity contribution in [3.63, 3.8) is 0 Å². The van der Waals surface area contributed by atoms with Crippen molar-refractivity contribution in [3.05, 3.63) is 23.9 Å². The lowest BCUT2D eigenvalue weighted by Gasteiger charge is -2.33. The van der Waals surface area contributed by atoms with Crippen LogP contribution in [0.3, 0.4) is 0 Å². The minimum atomic E-state index is -0.457. The summed E-state index contributed by atoms with van der Waals surface area (Å²) in [7, 11) is 2.14. The second-order valence-corrected chi connectivity index (χ2v) is 7.01. The van der Waals surface area contributed by atoms with Gasteiger partial charge in [0.1, 0.15) is 5.82 Å². The zero-order chi connectivity index (χ0) is 17.6. The lowest BCUT2D eigenvalue weighted by atomic mass is 9.92. The van der Waals surface area contributed by atoms with Gasteiger partial charge in [-0.2, -0.15) is 0 Å². The van der Waals surface area contributed by atoms with Crippen LogP contribution >= 0.6 is 0 Å². The highest BCUT2D eigenvalue weighted by atomic mass is 16.5. The summed E-state index contributed by atoms with van der Waals surface area (Å²) >= 11 is 0. The number of pyridine rings is 1. The maximum absolute atomic E-state index is 12.3. The zero-order valence-electron chi connectivity index (χ0n) is 15.0. The number of likely N-dealkylation sites (N-methyl/N-ethyl adjacent to an activating group) is 1. The van der Waals surface area contributed by atoms with Gasteiger partial charge in [0.05, 0.1) is 6.04 Å². The summed E-state index contributed by atoms with van der Waals surface area (Å²) in [4.78, 5) is 21.4. The van der Waals surface area contributed by atoms with E-state index >= 15 is 0 Å². The molecule has 1 unspecified atom stereocenters. The van der Waals surface area contributed by atoms with Gasteiger partial charge in [-0.15, -0.1) is 0 Å². The van der Waals surface area contributed by atoms with E-state index in [0.717, 1.165) is 50.4 Å². The molecule has 0 radical (unpaired) electrons. The molecule has 3 rings (SSSR count). The summed E-state index contributed by atoms with van der Waals surface area (Å²) in [5.74, 6) is 1.13. The Morgan fingerprint density at radius 3 is 2.68 bits per heavy atom. The average Bonchev–Trinajstić information content (AvgIpc) is 2.67. The Bertz CT molecular complexity index is 551. The van der Waals surface area contributed by atoms with Crippen molar-refractivity contribution in [3.8, 4) is 0 Å². The molecule has 2 saturated heterocycles. The molecule has 0 aliphatic carbocycles. The first-order valence-electron chi connectivity index (χ1n) is 9.13. The number of nitrogens with zero attached hydrogens (tertiary/aromatic N) is 3. The van der Waals surface area contributed by atoms with Crippen molar-refractivity contribution in [1.82, 2.24) is 15.2 Å². The van der Waals surface area contributed by atoms with Crippen molar-refractivity contribution in [1.29, 1.82) is 0 Å². The molecule has 3 heterocycles. The fourth-order valence-electron chi connectivity index (χ4n) is 3.34. The Morgan fingerprint density at radius 2 is 2.04 bits per heavy atom. The SMILES string of the molecule is CN1CCN(c2ccc(CNC(=O)C(N)C3CCOCC3)cn2)CC1. The second-order valence-electron chi connectivity index (χ2n) is 7.01. The fourth-order valence-corrected chi connectivity index (χ4v) is 3.34. The number of amides is 1. The molecular formula is C18H29N5O2. The summed E-state index contributed by atoms with van der Waals surface area (Å²) in [5, 5.41) is 2.94. The summed E-state index contributed by atoms with van der Waals surface area (Å²) in [6, 6.07) is 3.60. The molecule has 25 heavy (non-hydrogen) atoms. The number of piperazine rings is 1. The van der Waals surface area contributed by atoms with Crippen molar-refractivity contribution in [2.75, 3.05) is 51.3 Å². The first kappa shape index (κ1) is 18.1. The van der Waals surface area contributed by atoms with Gasteiger partial charge in [-0.05, 0) is 37.4 Å². The van der Waals surface area contributed by atoms with Gasteiger partial charge in [0, 0.05) is 52.1 Å². The van der Waals surface area contributed by atoms with Gasteiger partial charge in [-0.3, -0.25) is 4.79 Å². The maximum Gasteiger partial charge on any atom is 0.237 e. The Kier molecular flexibility index (Phi) is 6.23. The molecule has 0 bridgehead atoms. The third-order valence-electron chi connectivity index (χ3n) is 5.18. The summed E-state index contributed by atoms with van der Waals surface area (Å²) in [6.45, 7) is 5.98. The number of ether oxygens (including phenoxy) is 1. The highest BCUT2D eigenvalue weighted by molar-refractivity contribution is 5.81. The minimum Gasteiger partial charge on any atom is -0.381 e. The van der Waals surface area contributed by atoms with Crippen LogP contribution in [0.25, 0.3) is 0 Å². The minimum absolute atomic E-state index is 0.0879. The average molecular weight is 347 g/mol. The molecule has 2 aliphatic heterocycles. The van der Waals surface area contributed by atoms with Crippen molar-refractivity contribution < 1.29 is 9.53 Å². The number of carbonyl (C=O) groups excluding carboxylic acids is 1. The van der Waals surface area contributed by atoms with Crippen molar-refractivity contribution in [2.24, 2.45) is 11.7 Å². The first-order valence-corrected chi connectivity index (χ1v) is 9.13. The van der Waals surface area contributed by atoms with E-state index in [2.05, 4.69) is 27.1 Å². The number of nitrogens with one attached hydrogen (secondary N) is 1. The lowest BCUT2D eigenvalue weighted by Crippen LogP contribution is -2.46. The standard InChI is InChI=1S/C18H29N5O2/c1-22-6-8-23(9-7-22)16-3-2-14(12-20-16)13-21-18(24)17(19)15-4-10-25-11-5-15/h2-3,12,15,17H,4-11,13,19H2,1H3,(H,21,24). The maximum atomic E-state index is 12.3. The predicted octanol–water partition coefficient (Wildman–Crippen LogP) is 0.204. The van der Waals surface area contributed by atoms with Crippen LogP contribution in [0.4, 0.5) is 5.82 Å². The molecule has 1 aromatic heterocycles. The third-order valence-corrected chi connectivity index (χ3v) is 5.18. The molecule has 7 nitrogen and oxygen atoms in total.